The minimum absolute atomic E-state index is 0.342. The Hall–Kier alpha value is -1.58. The van der Waals surface area contributed by atoms with Gasteiger partial charge in [0.25, 0.3) is 0 Å². The molecule has 0 amide bonds. The van der Waals surface area contributed by atoms with Crippen LogP contribution in [-0.2, 0) is 0 Å². The second-order valence-corrected chi connectivity index (χ2v) is 5.54. The lowest BCUT2D eigenvalue weighted by Gasteiger charge is -2.12. The summed E-state index contributed by atoms with van der Waals surface area (Å²) in [6.07, 6.45) is 0. The van der Waals surface area contributed by atoms with E-state index in [0.29, 0.717) is 27.6 Å². The summed E-state index contributed by atoms with van der Waals surface area (Å²) in [6.45, 7) is 1.80. The van der Waals surface area contributed by atoms with Crippen LogP contribution >= 0.6 is 23.2 Å². The van der Waals surface area contributed by atoms with E-state index >= 15 is 0 Å². The number of imidazole rings is 1. The molecule has 0 aliphatic rings. The molecule has 0 aliphatic heterocycles. The van der Waals surface area contributed by atoms with Crippen molar-refractivity contribution in [1.82, 2.24) is 9.55 Å². The van der Waals surface area contributed by atoms with Gasteiger partial charge in [-0.2, -0.15) is 0 Å². The monoisotopic (exact) mass is 308 g/mol. The second-order valence-electron chi connectivity index (χ2n) is 4.48. The van der Waals surface area contributed by atoms with Gasteiger partial charge in [-0.25, -0.2) is 9.37 Å². The molecule has 0 N–H and O–H groups in total. The van der Waals surface area contributed by atoms with E-state index in [9.17, 15) is 4.39 Å². The number of hydrogen-bond acceptors (Lipinski definition) is 1. The fourth-order valence-electron chi connectivity index (χ4n) is 2.25. The van der Waals surface area contributed by atoms with Crippen LogP contribution in [0.5, 0.6) is 0 Å². The molecule has 0 saturated carbocycles. The summed E-state index contributed by atoms with van der Waals surface area (Å²) < 4.78 is 15.8. The zero-order chi connectivity index (χ0) is 14.3. The van der Waals surface area contributed by atoms with Gasteiger partial charge in [0.2, 0.25) is 0 Å². The summed E-state index contributed by atoms with van der Waals surface area (Å²) in [5, 5.41) is 0.153. The molecule has 0 saturated heterocycles. The number of hydrogen-bond donors (Lipinski definition) is 0. The zero-order valence-electron chi connectivity index (χ0n) is 10.6. The lowest BCUT2D eigenvalue weighted by atomic mass is 10.2. The highest BCUT2D eigenvalue weighted by Gasteiger charge is 2.19. The van der Waals surface area contributed by atoms with E-state index < -0.39 is 0 Å². The molecule has 1 atom stereocenters. The highest BCUT2D eigenvalue weighted by molar-refractivity contribution is 6.35. The van der Waals surface area contributed by atoms with Gasteiger partial charge < -0.3 is 0 Å². The topological polar surface area (TPSA) is 17.8 Å². The summed E-state index contributed by atoms with van der Waals surface area (Å²) in [6, 6.07) is 11.9. The maximum absolute atomic E-state index is 14.1. The molecule has 1 heterocycles. The van der Waals surface area contributed by atoms with Crippen molar-refractivity contribution in [2.45, 2.75) is 12.3 Å². The van der Waals surface area contributed by atoms with Crippen molar-refractivity contribution in [1.29, 1.82) is 0 Å². The third-order valence-corrected chi connectivity index (χ3v) is 3.60. The lowest BCUT2D eigenvalue weighted by Crippen LogP contribution is -2.04. The van der Waals surface area contributed by atoms with Crippen molar-refractivity contribution >= 4 is 34.2 Å². The molecule has 2 aromatic carbocycles. The highest BCUT2D eigenvalue weighted by Crippen LogP contribution is 2.32. The smallest absolute Gasteiger partial charge is 0.147 e. The molecule has 20 heavy (non-hydrogen) atoms. The van der Waals surface area contributed by atoms with Crippen LogP contribution < -0.4 is 0 Å². The van der Waals surface area contributed by atoms with Crippen LogP contribution in [0.3, 0.4) is 0 Å². The fraction of sp³-hybridized carbons (Fsp3) is 0.133. The molecule has 0 fully saturated rings. The fourth-order valence-corrected chi connectivity index (χ4v) is 2.65. The van der Waals surface area contributed by atoms with Gasteiger partial charge in [-0.05, 0) is 31.2 Å². The predicted octanol–water partition coefficient (Wildman–Crippen LogP) is 5.12. The molecule has 3 aromatic rings. The summed E-state index contributed by atoms with van der Waals surface area (Å²) in [5.41, 5.74) is 1.76. The van der Waals surface area contributed by atoms with Gasteiger partial charge in [0.05, 0.1) is 27.1 Å². The van der Waals surface area contributed by atoms with E-state index in [-0.39, 0.29) is 11.2 Å². The Labute approximate surface area is 125 Å². The van der Waals surface area contributed by atoms with Crippen molar-refractivity contribution < 1.29 is 4.39 Å². The van der Waals surface area contributed by atoms with Crippen molar-refractivity contribution in [2.24, 2.45) is 0 Å². The first-order valence-corrected chi connectivity index (χ1v) is 6.97. The maximum atomic E-state index is 14.1. The van der Waals surface area contributed by atoms with Gasteiger partial charge in [0.1, 0.15) is 11.6 Å². The standard InChI is InChI=1S/C15H11Cl2FN2/c1-9(16)15-19-12-7-4-5-10(17)14(12)20(15)13-8-3-2-6-11(13)18/h2-9H,1H3. The van der Waals surface area contributed by atoms with Crippen molar-refractivity contribution in [3.63, 3.8) is 0 Å². The summed E-state index contributed by atoms with van der Waals surface area (Å²) >= 11 is 12.4. The van der Waals surface area contributed by atoms with Crippen LogP contribution in [0.1, 0.15) is 18.1 Å². The van der Waals surface area contributed by atoms with E-state index in [1.807, 2.05) is 12.1 Å². The number of halogens is 3. The Morgan fingerprint density at radius 2 is 1.90 bits per heavy atom. The largest absolute Gasteiger partial charge is 0.291 e. The summed E-state index contributed by atoms with van der Waals surface area (Å²) in [5.74, 6) is 0.227. The lowest BCUT2D eigenvalue weighted by molar-refractivity contribution is 0.616. The molecular formula is C15H11Cl2FN2. The van der Waals surface area contributed by atoms with E-state index in [4.69, 9.17) is 23.2 Å². The average Bonchev–Trinajstić information content (AvgIpc) is 2.80. The third-order valence-electron chi connectivity index (χ3n) is 3.10. The van der Waals surface area contributed by atoms with Crippen molar-refractivity contribution in [3.05, 3.63) is 59.1 Å². The molecule has 3 rings (SSSR count). The molecule has 5 heteroatoms. The summed E-state index contributed by atoms with van der Waals surface area (Å²) in [4.78, 5) is 4.47. The Bertz CT molecular complexity index is 781. The quantitative estimate of drug-likeness (QED) is 0.601. The number of fused-ring (bicyclic) bond motifs is 1. The van der Waals surface area contributed by atoms with Crippen LogP contribution in [0.25, 0.3) is 16.7 Å². The molecular weight excluding hydrogens is 298 g/mol. The molecule has 102 valence electrons. The number of alkyl halides is 1. The first-order chi connectivity index (χ1) is 9.59. The van der Waals surface area contributed by atoms with Gasteiger partial charge in [0.15, 0.2) is 0 Å². The predicted molar refractivity (Wildman–Crippen MR) is 80.3 cm³/mol. The van der Waals surface area contributed by atoms with Crippen LogP contribution in [0.2, 0.25) is 5.02 Å². The van der Waals surface area contributed by atoms with E-state index in [1.54, 1.807) is 35.8 Å². The van der Waals surface area contributed by atoms with E-state index in [1.165, 1.54) is 6.07 Å². The zero-order valence-corrected chi connectivity index (χ0v) is 12.2. The number of para-hydroxylation sites is 2. The Kier molecular flexibility index (Phi) is 3.40. The average molecular weight is 309 g/mol. The third kappa shape index (κ3) is 2.07. The van der Waals surface area contributed by atoms with Crippen molar-refractivity contribution in [2.75, 3.05) is 0 Å². The van der Waals surface area contributed by atoms with Gasteiger partial charge >= 0.3 is 0 Å². The van der Waals surface area contributed by atoms with Gasteiger partial charge in [-0.1, -0.05) is 29.8 Å². The van der Waals surface area contributed by atoms with E-state index in [2.05, 4.69) is 4.98 Å². The number of benzene rings is 2. The van der Waals surface area contributed by atoms with Gasteiger partial charge in [-0.3, -0.25) is 4.57 Å². The van der Waals surface area contributed by atoms with Gasteiger partial charge in [-0.15, -0.1) is 11.6 Å². The summed E-state index contributed by atoms with van der Waals surface area (Å²) in [7, 11) is 0. The molecule has 2 nitrogen and oxygen atoms in total. The maximum Gasteiger partial charge on any atom is 0.147 e. The first-order valence-electron chi connectivity index (χ1n) is 6.15. The Morgan fingerprint density at radius 1 is 1.15 bits per heavy atom. The second kappa shape index (κ2) is 5.08. The molecule has 0 aliphatic carbocycles. The van der Waals surface area contributed by atoms with Crippen LogP contribution in [0, 0.1) is 5.82 Å². The minimum atomic E-state index is -0.363. The number of rotatable bonds is 2. The number of aromatic nitrogens is 2. The number of nitrogens with zero attached hydrogens (tertiary/aromatic N) is 2. The van der Waals surface area contributed by atoms with Gasteiger partial charge in [0, 0.05) is 0 Å². The SMILES string of the molecule is CC(Cl)c1nc2cccc(Cl)c2n1-c1ccccc1F. The van der Waals surface area contributed by atoms with E-state index in [0.717, 1.165) is 0 Å². The van der Waals surface area contributed by atoms with Crippen LogP contribution in [0.4, 0.5) is 4.39 Å². The molecule has 0 bridgehead atoms. The molecule has 1 aromatic heterocycles. The minimum Gasteiger partial charge on any atom is -0.291 e. The Morgan fingerprint density at radius 3 is 2.60 bits per heavy atom. The highest BCUT2D eigenvalue weighted by atomic mass is 35.5. The van der Waals surface area contributed by atoms with Crippen LogP contribution in [0.15, 0.2) is 42.5 Å². The first kappa shape index (κ1) is 13.4. The van der Waals surface area contributed by atoms with Crippen LogP contribution in [-0.4, -0.2) is 9.55 Å². The molecule has 0 spiro atoms. The normalized spacial score (nSPS) is 12.8. The molecule has 0 radical (unpaired) electrons. The van der Waals surface area contributed by atoms with Crippen molar-refractivity contribution in [3.8, 4) is 5.69 Å². The Balaban J connectivity index is 2.44. The molecule has 1 unspecified atom stereocenters.